The quantitative estimate of drug-likeness (QED) is 0.379. The molecule has 3 rings (SSSR count). The Bertz CT molecular complexity index is 1340. The molecule has 0 unspecified atom stereocenters. The van der Waals surface area contributed by atoms with Crippen molar-refractivity contribution < 1.29 is 22.4 Å². The second kappa shape index (κ2) is 12.4. The van der Waals surface area contributed by atoms with E-state index in [1.807, 2.05) is 0 Å². The molecule has 0 aromatic heterocycles. The van der Waals surface area contributed by atoms with Crippen LogP contribution >= 0.6 is 23.2 Å². The second-order valence-electron chi connectivity index (χ2n) is 8.17. The third-order valence-electron chi connectivity index (χ3n) is 5.53. The van der Waals surface area contributed by atoms with Crippen LogP contribution in [0.25, 0.3) is 0 Å². The highest BCUT2D eigenvalue weighted by molar-refractivity contribution is 7.92. The number of nitrogens with zero attached hydrogens (tertiary/aromatic N) is 2. The van der Waals surface area contributed by atoms with Gasteiger partial charge in [0.1, 0.15) is 18.4 Å². The average molecular weight is 566 g/mol. The summed E-state index contributed by atoms with van der Waals surface area (Å²) in [6.45, 7) is 2.94. The number of carbonyl (C=O) groups excluding carboxylic acids is 2. The van der Waals surface area contributed by atoms with Crippen LogP contribution in [0.5, 0.6) is 0 Å². The number of sulfonamides is 1. The van der Waals surface area contributed by atoms with Crippen molar-refractivity contribution in [1.29, 1.82) is 0 Å². The molecule has 0 bridgehead atoms. The maximum atomic E-state index is 13.7. The molecule has 3 aromatic rings. The first-order valence-corrected chi connectivity index (χ1v) is 13.6. The molecule has 0 radical (unpaired) electrons. The Balaban J connectivity index is 2.04. The normalized spacial score (nSPS) is 12.0. The van der Waals surface area contributed by atoms with Crippen LogP contribution in [0.1, 0.15) is 19.4 Å². The van der Waals surface area contributed by atoms with Gasteiger partial charge >= 0.3 is 0 Å². The standard InChI is InChI=1S/C26H26Cl2FN3O4S/c1-3-30-26(34)18(2)31(16-19-9-11-22(29)12-10-19)25(33)17-32(23-14-20(27)13-21(28)15-23)37(35,36)24-7-5-4-6-8-24/h4-15,18H,3,16-17H2,1-2H3,(H,30,34)/t18-/m1/s1. The summed E-state index contributed by atoms with van der Waals surface area (Å²) in [5, 5.41) is 3.04. The van der Waals surface area contributed by atoms with Crippen molar-refractivity contribution in [2.75, 3.05) is 17.4 Å². The Morgan fingerprint density at radius 1 is 0.973 bits per heavy atom. The van der Waals surface area contributed by atoms with Gasteiger partial charge in [0.25, 0.3) is 10.0 Å². The highest BCUT2D eigenvalue weighted by Crippen LogP contribution is 2.30. The molecule has 3 aromatic carbocycles. The largest absolute Gasteiger partial charge is 0.355 e. The lowest BCUT2D eigenvalue weighted by Crippen LogP contribution is -2.51. The van der Waals surface area contributed by atoms with Crippen LogP contribution in [0.15, 0.2) is 77.7 Å². The van der Waals surface area contributed by atoms with Crippen molar-refractivity contribution in [3.63, 3.8) is 0 Å². The van der Waals surface area contributed by atoms with Gasteiger partial charge in [-0.3, -0.25) is 13.9 Å². The fourth-order valence-electron chi connectivity index (χ4n) is 3.62. The molecule has 0 aliphatic rings. The number of likely N-dealkylation sites (N-methyl/N-ethyl adjacent to an activating group) is 1. The van der Waals surface area contributed by atoms with Crippen LogP contribution in [0.2, 0.25) is 10.0 Å². The first-order valence-electron chi connectivity index (χ1n) is 11.4. The van der Waals surface area contributed by atoms with Gasteiger partial charge in [0.15, 0.2) is 0 Å². The van der Waals surface area contributed by atoms with E-state index in [1.54, 1.807) is 32.0 Å². The number of hydrogen-bond acceptors (Lipinski definition) is 4. The van der Waals surface area contributed by atoms with Gasteiger partial charge in [-0.2, -0.15) is 0 Å². The van der Waals surface area contributed by atoms with E-state index in [-0.39, 0.29) is 27.2 Å². The Kier molecular flexibility index (Phi) is 9.53. The van der Waals surface area contributed by atoms with Crippen molar-refractivity contribution in [2.24, 2.45) is 0 Å². The minimum absolute atomic E-state index is 0.0410. The number of carbonyl (C=O) groups is 2. The topological polar surface area (TPSA) is 86.8 Å². The highest BCUT2D eigenvalue weighted by Gasteiger charge is 2.32. The molecular weight excluding hydrogens is 540 g/mol. The van der Waals surface area contributed by atoms with Crippen LogP contribution in [0, 0.1) is 5.82 Å². The lowest BCUT2D eigenvalue weighted by molar-refractivity contribution is -0.139. The maximum absolute atomic E-state index is 13.7. The minimum atomic E-state index is -4.23. The van der Waals surface area contributed by atoms with E-state index >= 15 is 0 Å². The predicted molar refractivity (Wildman–Crippen MR) is 143 cm³/mol. The SMILES string of the molecule is CCNC(=O)[C@@H](C)N(Cc1ccc(F)cc1)C(=O)CN(c1cc(Cl)cc(Cl)c1)S(=O)(=O)c1ccccc1. The van der Waals surface area contributed by atoms with Gasteiger partial charge in [0, 0.05) is 23.1 Å². The zero-order chi connectivity index (χ0) is 27.2. The Morgan fingerprint density at radius 2 is 1.57 bits per heavy atom. The number of hydrogen-bond donors (Lipinski definition) is 1. The molecular formula is C26H26Cl2FN3O4S. The summed E-state index contributed by atoms with van der Waals surface area (Å²) in [6.07, 6.45) is 0. The lowest BCUT2D eigenvalue weighted by atomic mass is 10.1. The number of halogens is 3. The van der Waals surface area contributed by atoms with E-state index in [4.69, 9.17) is 23.2 Å². The Morgan fingerprint density at radius 3 is 2.14 bits per heavy atom. The summed E-state index contributed by atoms with van der Waals surface area (Å²) in [4.78, 5) is 27.6. The zero-order valence-corrected chi connectivity index (χ0v) is 22.5. The monoisotopic (exact) mass is 565 g/mol. The molecule has 0 spiro atoms. The van der Waals surface area contributed by atoms with Crippen molar-refractivity contribution in [3.05, 3.63) is 94.2 Å². The molecule has 0 fully saturated rings. The first-order chi connectivity index (χ1) is 17.5. The summed E-state index contributed by atoms with van der Waals surface area (Å²) in [7, 11) is -4.23. The van der Waals surface area contributed by atoms with E-state index in [0.717, 1.165) is 4.31 Å². The van der Waals surface area contributed by atoms with Gasteiger partial charge in [-0.15, -0.1) is 0 Å². The van der Waals surface area contributed by atoms with Crippen LogP contribution in [0.3, 0.4) is 0 Å². The fourth-order valence-corrected chi connectivity index (χ4v) is 5.56. The second-order valence-corrected chi connectivity index (χ2v) is 10.9. The first kappa shape index (κ1) is 28.4. The molecule has 0 aliphatic heterocycles. The molecule has 7 nitrogen and oxygen atoms in total. The predicted octanol–water partition coefficient (Wildman–Crippen LogP) is 4.88. The number of amides is 2. The van der Waals surface area contributed by atoms with Gasteiger partial charge in [-0.05, 0) is 61.9 Å². The van der Waals surface area contributed by atoms with Crippen LogP contribution in [0.4, 0.5) is 10.1 Å². The third-order valence-corrected chi connectivity index (χ3v) is 7.75. The van der Waals surface area contributed by atoms with E-state index < -0.39 is 40.2 Å². The van der Waals surface area contributed by atoms with Crippen LogP contribution < -0.4 is 9.62 Å². The number of benzene rings is 3. The Labute approximate surface area is 225 Å². The van der Waals surface area contributed by atoms with Crippen LogP contribution in [-0.2, 0) is 26.2 Å². The molecule has 1 atom stereocenters. The van der Waals surface area contributed by atoms with Gasteiger partial charge in [0.05, 0.1) is 10.6 Å². The van der Waals surface area contributed by atoms with Crippen molar-refractivity contribution in [2.45, 2.75) is 31.3 Å². The van der Waals surface area contributed by atoms with E-state index in [2.05, 4.69) is 5.32 Å². The van der Waals surface area contributed by atoms with Crippen LogP contribution in [-0.4, -0.2) is 44.3 Å². The van der Waals surface area contributed by atoms with Crippen molar-refractivity contribution in [3.8, 4) is 0 Å². The Hall–Kier alpha value is -3.14. The molecule has 11 heteroatoms. The smallest absolute Gasteiger partial charge is 0.264 e. The van der Waals surface area contributed by atoms with Crippen molar-refractivity contribution >= 4 is 50.7 Å². The molecule has 2 amide bonds. The van der Waals surface area contributed by atoms with Gasteiger partial charge < -0.3 is 10.2 Å². The minimum Gasteiger partial charge on any atom is -0.355 e. The molecule has 196 valence electrons. The van der Waals surface area contributed by atoms with Gasteiger partial charge in [-0.25, -0.2) is 12.8 Å². The summed E-state index contributed by atoms with van der Waals surface area (Å²) < 4.78 is 41.7. The number of rotatable bonds is 10. The summed E-state index contributed by atoms with van der Waals surface area (Å²) >= 11 is 12.3. The van der Waals surface area contributed by atoms with E-state index in [0.29, 0.717) is 12.1 Å². The van der Waals surface area contributed by atoms with Crippen molar-refractivity contribution in [1.82, 2.24) is 10.2 Å². The molecule has 0 saturated heterocycles. The third kappa shape index (κ3) is 7.21. The molecule has 0 aliphatic carbocycles. The molecule has 0 heterocycles. The van der Waals surface area contributed by atoms with Gasteiger partial charge in [-0.1, -0.05) is 53.5 Å². The maximum Gasteiger partial charge on any atom is 0.264 e. The summed E-state index contributed by atoms with van der Waals surface area (Å²) in [5.41, 5.74) is 0.649. The highest BCUT2D eigenvalue weighted by atomic mass is 35.5. The zero-order valence-electron chi connectivity index (χ0n) is 20.2. The summed E-state index contributed by atoms with van der Waals surface area (Å²) in [5.74, 6) is -1.52. The fraction of sp³-hybridized carbons (Fsp3) is 0.231. The van der Waals surface area contributed by atoms with Gasteiger partial charge in [0.2, 0.25) is 11.8 Å². The average Bonchev–Trinajstić information content (AvgIpc) is 2.86. The lowest BCUT2D eigenvalue weighted by Gasteiger charge is -2.32. The number of nitrogens with one attached hydrogen (secondary N) is 1. The summed E-state index contributed by atoms with van der Waals surface area (Å²) in [6, 6.07) is 16.4. The molecule has 37 heavy (non-hydrogen) atoms. The molecule has 1 N–H and O–H groups in total. The molecule has 0 saturated carbocycles. The van der Waals surface area contributed by atoms with E-state index in [1.165, 1.54) is 59.5 Å². The number of anilines is 1. The van der Waals surface area contributed by atoms with E-state index in [9.17, 15) is 22.4 Å².